The number of carbonyl (C=O) groups excluding carboxylic acids is 1. The van der Waals surface area contributed by atoms with Crippen molar-refractivity contribution in [1.82, 2.24) is 10.2 Å². The Balaban J connectivity index is 1.67. The first-order valence-corrected chi connectivity index (χ1v) is 6.30. The number of esters is 1. The maximum atomic E-state index is 11.2. The van der Waals surface area contributed by atoms with Crippen LogP contribution in [0.5, 0.6) is 0 Å². The van der Waals surface area contributed by atoms with Crippen LogP contribution < -0.4 is 5.32 Å². The highest BCUT2D eigenvalue weighted by atomic mass is 16.5. The van der Waals surface area contributed by atoms with E-state index in [1.54, 1.807) is 0 Å². The molecule has 0 aromatic carbocycles. The lowest BCUT2D eigenvalue weighted by molar-refractivity contribution is -0.142. The van der Waals surface area contributed by atoms with Crippen molar-refractivity contribution in [3.05, 3.63) is 0 Å². The fraction of sp³-hybridized carbons (Fsp3) is 0.917. The van der Waals surface area contributed by atoms with Gasteiger partial charge in [-0.15, -0.1) is 0 Å². The Morgan fingerprint density at radius 2 is 2.25 bits per heavy atom. The van der Waals surface area contributed by atoms with Gasteiger partial charge in [0.2, 0.25) is 0 Å². The summed E-state index contributed by atoms with van der Waals surface area (Å²) in [7, 11) is 1.46. The number of carbonyl (C=O) groups is 1. The number of nitrogens with one attached hydrogen (secondary N) is 1. The Bertz CT molecular complexity index is 241. The summed E-state index contributed by atoms with van der Waals surface area (Å²) in [6.45, 7) is 3.64. The molecule has 1 saturated heterocycles. The first-order chi connectivity index (χ1) is 7.78. The summed E-state index contributed by atoms with van der Waals surface area (Å²) in [4.78, 5) is 13.4. The van der Waals surface area contributed by atoms with Crippen LogP contribution in [0.25, 0.3) is 0 Å². The molecule has 0 aromatic heterocycles. The first-order valence-electron chi connectivity index (χ1n) is 6.30. The Hall–Kier alpha value is -0.610. The molecule has 92 valence electrons. The van der Waals surface area contributed by atoms with Gasteiger partial charge in [0.25, 0.3) is 0 Å². The molecule has 0 amide bonds. The molecule has 4 heteroatoms. The molecule has 0 bridgehead atoms. The third kappa shape index (κ3) is 3.76. The summed E-state index contributed by atoms with van der Waals surface area (Å²) in [6.07, 6.45) is 5.18. The number of likely N-dealkylation sites (tertiary alicyclic amines) is 1. The van der Waals surface area contributed by atoms with Crippen LogP contribution in [0, 0.1) is 5.92 Å². The second-order valence-corrected chi connectivity index (χ2v) is 5.00. The maximum Gasteiger partial charge on any atom is 0.319 e. The monoisotopic (exact) mass is 226 g/mol. The third-order valence-electron chi connectivity index (χ3n) is 3.46. The minimum Gasteiger partial charge on any atom is -0.468 e. The fourth-order valence-electron chi connectivity index (χ4n) is 2.33. The Morgan fingerprint density at radius 3 is 2.94 bits per heavy atom. The Morgan fingerprint density at radius 1 is 1.44 bits per heavy atom. The summed E-state index contributed by atoms with van der Waals surface area (Å²) < 4.78 is 4.70. The minimum absolute atomic E-state index is 0.115. The summed E-state index contributed by atoms with van der Waals surface area (Å²) in [5.41, 5.74) is 0. The smallest absolute Gasteiger partial charge is 0.319 e. The van der Waals surface area contributed by atoms with E-state index in [2.05, 4.69) is 10.2 Å². The van der Waals surface area contributed by atoms with Crippen LogP contribution in [0.4, 0.5) is 0 Å². The van der Waals surface area contributed by atoms with Gasteiger partial charge in [0, 0.05) is 12.6 Å². The third-order valence-corrected chi connectivity index (χ3v) is 3.46. The number of ether oxygens (including phenoxy) is 1. The van der Waals surface area contributed by atoms with Crippen molar-refractivity contribution in [2.45, 2.75) is 31.7 Å². The highest BCUT2D eigenvalue weighted by Gasteiger charge is 2.25. The van der Waals surface area contributed by atoms with Gasteiger partial charge in [0.05, 0.1) is 13.7 Å². The molecule has 0 spiro atoms. The van der Waals surface area contributed by atoms with Gasteiger partial charge in [-0.25, -0.2) is 0 Å². The van der Waals surface area contributed by atoms with Crippen molar-refractivity contribution in [1.29, 1.82) is 0 Å². The molecule has 1 unspecified atom stereocenters. The van der Waals surface area contributed by atoms with Crippen LogP contribution in [-0.2, 0) is 9.53 Å². The SMILES string of the molecule is COC(=O)CN1CCCC(CNC2CC2)C1. The normalized spacial score (nSPS) is 26.7. The molecule has 2 aliphatic rings. The van der Waals surface area contributed by atoms with Gasteiger partial charge in [-0.05, 0) is 44.7 Å². The maximum absolute atomic E-state index is 11.2. The molecule has 2 fully saturated rings. The van der Waals surface area contributed by atoms with Crippen molar-refractivity contribution >= 4 is 5.97 Å². The molecule has 1 N–H and O–H groups in total. The zero-order valence-electron chi connectivity index (χ0n) is 10.1. The van der Waals surface area contributed by atoms with E-state index in [0.29, 0.717) is 12.5 Å². The molecule has 1 aliphatic carbocycles. The van der Waals surface area contributed by atoms with Crippen LogP contribution in [0.2, 0.25) is 0 Å². The van der Waals surface area contributed by atoms with Crippen molar-refractivity contribution in [2.75, 3.05) is 33.3 Å². The largest absolute Gasteiger partial charge is 0.468 e. The van der Waals surface area contributed by atoms with E-state index in [-0.39, 0.29) is 5.97 Å². The zero-order valence-corrected chi connectivity index (χ0v) is 10.1. The second kappa shape index (κ2) is 5.64. The summed E-state index contributed by atoms with van der Waals surface area (Å²) in [5, 5.41) is 3.57. The lowest BCUT2D eigenvalue weighted by Gasteiger charge is -2.32. The summed E-state index contributed by atoms with van der Waals surface area (Å²) >= 11 is 0. The Kier molecular flexibility index (Phi) is 4.18. The number of hydrogen-bond acceptors (Lipinski definition) is 4. The van der Waals surface area contributed by atoms with E-state index in [4.69, 9.17) is 4.74 Å². The molecule has 16 heavy (non-hydrogen) atoms. The quantitative estimate of drug-likeness (QED) is 0.698. The number of piperidine rings is 1. The highest BCUT2D eigenvalue weighted by Crippen LogP contribution is 2.21. The summed E-state index contributed by atoms with van der Waals surface area (Å²) in [6, 6.07) is 0.788. The van der Waals surface area contributed by atoms with E-state index in [1.165, 1.54) is 32.8 Å². The lowest BCUT2D eigenvalue weighted by atomic mass is 9.98. The van der Waals surface area contributed by atoms with Crippen LogP contribution in [0.3, 0.4) is 0 Å². The molecule has 1 saturated carbocycles. The van der Waals surface area contributed by atoms with Crippen molar-refractivity contribution in [3.63, 3.8) is 0 Å². The highest BCUT2D eigenvalue weighted by molar-refractivity contribution is 5.71. The van der Waals surface area contributed by atoms with E-state index < -0.39 is 0 Å². The van der Waals surface area contributed by atoms with Crippen LogP contribution >= 0.6 is 0 Å². The minimum atomic E-state index is -0.115. The standard InChI is InChI=1S/C12H22N2O2/c1-16-12(15)9-14-6-2-3-10(8-14)7-13-11-4-5-11/h10-11,13H,2-9H2,1H3. The number of rotatable bonds is 5. The molecule has 4 nitrogen and oxygen atoms in total. The van der Waals surface area contributed by atoms with Gasteiger partial charge < -0.3 is 10.1 Å². The van der Waals surface area contributed by atoms with Gasteiger partial charge in [-0.2, -0.15) is 0 Å². The van der Waals surface area contributed by atoms with Crippen molar-refractivity contribution in [3.8, 4) is 0 Å². The zero-order chi connectivity index (χ0) is 11.4. The number of hydrogen-bond donors (Lipinski definition) is 1. The average Bonchev–Trinajstić information content (AvgIpc) is 3.10. The van der Waals surface area contributed by atoms with Crippen LogP contribution in [0.1, 0.15) is 25.7 Å². The Labute approximate surface area is 97.3 Å². The predicted molar refractivity (Wildman–Crippen MR) is 62.2 cm³/mol. The molecule has 0 radical (unpaired) electrons. The molecule has 1 heterocycles. The van der Waals surface area contributed by atoms with Gasteiger partial charge >= 0.3 is 5.97 Å². The van der Waals surface area contributed by atoms with Gasteiger partial charge in [0.1, 0.15) is 0 Å². The van der Waals surface area contributed by atoms with E-state index in [9.17, 15) is 4.79 Å². The van der Waals surface area contributed by atoms with Gasteiger partial charge in [-0.3, -0.25) is 9.69 Å². The van der Waals surface area contributed by atoms with E-state index >= 15 is 0 Å². The lowest BCUT2D eigenvalue weighted by Crippen LogP contribution is -2.42. The van der Waals surface area contributed by atoms with Gasteiger partial charge in [0.15, 0.2) is 0 Å². The second-order valence-electron chi connectivity index (χ2n) is 5.00. The predicted octanol–water partition coefficient (Wildman–Crippen LogP) is 0.623. The molecular weight excluding hydrogens is 204 g/mol. The molecule has 2 rings (SSSR count). The average molecular weight is 226 g/mol. The van der Waals surface area contributed by atoms with E-state index in [0.717, 1.165) is 25.7 Å². The van der Waals surface area contributed by atoms with Gasteiger partial charge in [-0.1, -0.05) is 0 Å². The van der Waals surface area contributed by atoms with Crippen LogP contribution in [0.15, 0.2) is 0 Å². The first kappa shape index (κ1) is 11.9. The number of methoxy groups -OCH3 is 1. The van der Waals surface area contributed by atoms with Crippen molar-refractivity contribution < 1.29 is 9.53 Å². The number of nitrogens with zero attached hydrogens (tertiary/aromatic N) is 1. The summed E-state index contributed by atoms with van der Waals surface area (Å²) in [5.74, 6) is 0.592. The molecular formula is C12H22N2O2. The molecule has 1 atom stereocenters. The van der Waals surface area contributed by atoms with Crippen molar-refractivity contribution in [2.24, 2.45) is 5.92 Å². The molecule has 0 aromatic rings. The topological polar surface area (TPSA) is 41.6 Å². The van der Waals surface area contributed by atoms with Crippen LogP contribution in [-0.4, -0.2) is 50.2 Å². The fourth-order valence-corrected chi connectivity index (χ4v) is 2.33. The van der Waals surface area contributed by atoms with E-state index in [1.807, 2.05) is 0 Å². The molecule has 1 aliphatic heterocycles.